The monoisotopic (exact) mass is 358 g/mol. The Kier molecular flexibility index (Phi) is 4.34. The van der Waals surface area contributed by atoms with Crippen LogP contribution in [0.1, 0.15) is 37.7 Å². The number of nitrogens with zero attached hydrogens (tertiary/aromatic N) is 3. The van der Waals surface area contributed by atoms with Crippen LogP contribution in [0.2, 0.25) is 0 Å². The number of likely N-dealkylation sites (tertiary alicyclic amines) is 2. The molecule has 3 heterocycles. The number of nitrogens with two attached hydrogens (primary N) is 1. The standard InChI is InChI=1S/C19H26N4O3/c20-16-14(2-1-7-21-16)11-23-12-19(10-15(23)18(25)26)5-8-22(9-6-19)17(24)13-3-4-13/h1-2,7,13,15H,3-6,8-12H2,(H2,20,21)(H,25,26)/t15-/m0/s1. The van der Waals surface area contributed by atoms with E-state index in [-0.39, 0.29) is 11.3 Å². The summed E-state index contributed by atoms with van der Waals surface area (Å²) in [5, 5.41) is 9.71. The van der Waals surface area contributed by atoms with Crippen molar-refractivity contribution in [2.24, 2.45) is 11.3 Å². The minimum Gasteiger partial charge on any atom is -0.480 e. The number of nitrogen functional groups attached to an aromatic ring is 1. The number of hydrogen-bond acceptors (Lipinski definition) is 5. The molecule has 1 atom stereocenters. The van der Waals surface area contributed by atoms with Gasteiger partial charge in [0.15, 0.2) is 0 Å². The van der Waals surface area contributed by atoms with E-state index in [9.17, 15) is 14.7 Å². The fourth-order valence-corrected chi connectivity index (χ4v) is 4.51. The van der Waals surface area contributed by atoms with E-state index in [1.165, 1.54) is 0 Å². The number of anilines is 1. The van der Waals surface area contributed by atoms with Crippen LogP contribution in [-0.2, 0) is 16.1 Å². The van der Waals surface area contributed by atoms with Crippen LogP contribution in [0.15, 0.2) is 18.3 Å². The van der Waals surface area contributed by atoms with E-state index in [1.807, 2.05) is 21.9 Å². The van der Waals surface area contributed by atoms with Crippen molar-refractivity contribution in [2.75, 3.05) is 25.4 Å². The Balaban J connectivity index is 1.45. The molecule has 2 aliphatic heterocycles. The van der Waals surface area contributed by atoms with Crippen LogP contribution in [0.25, 0.3) is 0 Å². The largest absolute Gasteiger partial charge is 0.480 e. The maximum atomic E-state index is 12.3. The summed E-state index contributed by atoms with van der Waals surface area (Å²) >= 11 is 0. The van der Waals surface area contributed by atoms with E-state index in [4.69, 9.17) is 5.73 Å². The summed E-state index contributed by atoms with van der Waals surface area (Å²) in [7, 11) is 0. The molecule has 4 rings (SSSR count). The summed E-state index contributed by atoms with van der Waals surface area (Å²) in [4.78, 5) is 32.2. The fraction of sp³-hybridized carbons (Fsp3) is 0.632. The van der Waals surface area contributed by atoms with Gasteiger partial charge in [-0.1, -0.05) is 6.07 Å². The smallest absolute Gasteiger partial charge is 0.320 e. The second-order valence-electron chi connectivity index (χ2n) is 8.11. The second kappa shape index (κ2) is 6.54. The van der Waals surface area contributed by atoms with Gasteiger partial charge in [0.2, 0.25) is 5.91 Å². The first-order valence-electron chi connectivity index (χ1n) is 9.42. The Bertz CT molecular complexity index is 710. The summed E-state index contributed by atoms with van der Waals surface area (Å²) in [6.45, 7) is 2.75. The zero-order valence-corrected chi connectivity index (χ0v) is 14.9. The average Bonchev–Trinajstić information content (AvgIpc) is 3.41. The molecule has 0 radical (unpaired) electrons. The van der Waals surface area contributed by atoms with Gasteiger partial charge in [-0.3, -0.25) is 14.5 Å². The van der Waals surface area contributed by atoms with Crippen LogP contribution in [0, 0.1) is 11.3 Å². The van der Waals surface area contributed by atoms with Crippen LogP contribution in [0.4, 0.5) is 5.82 Å². The SMILES string of the molecule is Nc1ncccc1CN1CC2(CCN(C(=O)C3CC3)CC2)C[C@H]1C(=O)O. The van der Waals surface area contributed by atoms with Crippen molar-refractivity contribution >= 4 is 17.7 Å². The number of carbonyl (C=O) groups is 2. The highest BCUT2D eigenvalue weighted by Gasteiger charge is 2.49. The third kappa shape index (κ3) is 3.28. The summed E-state index contributed by atoms with van der Waals surface area (Å²) in [5.41, 5.74) is 6.81. The number of pyridine rings is 1. The number of rotatable bonds is 4. The van der Waals surface area contributed by atoms with Gasteiger partial charge in [-0.05, 0) is 43.6 Å². The Morgan fingerprint density at radius 3 is 2.65 bits per heavy atom. The van der Waals surface area contributed by atoms with Crippen LogP contribution in [0.5, 0.6) is 0 Å². The minimum atomic E-state index is -0.777. The fourth-order valence-electron chi connectivity index (χ4n) is 4.51. The summed E-state index contributed by atoms with van der Waals surface area (Å²) in [6.07, 6.45) is 6.12. The lowest BCUT2D eigenvalue weighted by Gasteiger charge is -2.39. The molecule has 3 aliphatic rings. The Morgan fingerprint density at radius 2 is 2.04 bits per heavy atom. The predicted molar refractivity (Wildman–Crippen MR) is 96.1 cm³/mol. The van der Waals surface area contributed by atoms with Crippen molar-refractivity contribution in [3.05, 3.63) is 23.9 Å². The number of amides is 1. The van der Waals surface area contributed by atoms with Crippen molar-refractivity contribution in [3.8, 4) is 0 Å². The van der Waals surface area contributed by atoms with Gasteiger partial charge in [-0.15, -0.1) is 0 Å². The minimum absolute atomic E-state index is 0.0135. The number of piperidine rings is 1. The number of carboxylic acid groups (broad SMARTS) is 1. The van der Waals surface area contributed by atoms with E-state index in [1.54, 1.807) is 6.20 Å². The molecule has 1 aromatic heterocycles. The van der Waals surface area contributed by atoms with E-state index in [0.717, 1.165) is 50.9 Å². The topological polar surface area (TPSA) is 99.8 Å². The van der Waals surface area contributed by atoms with E-state index >= 15 is 0 Å². The third-order valence-corrected chi connectivity index (χ3v) is 6.25. The highest BCUT2D eigenvalue weighted by molar-refractivity contribution is 5.81. The van der Waals surface area contributed by atoms with Crippen LogP contribution in [-0.4, -0.2) is 57.4 Å². The molecular weight excluding hydrogens is 332 g/mol. The van der Waals surface area contributed by atoms with Gasteiger partial charge in [-0.25, -0.2) is 4.98 Å². The van der Waals surface area contributed by atoms with Crippen molar-refractivity contribution in [1.82, 2.24) is 14.8 Å². The van der Waals surface area contributed by atoms with Crippen molar-refractivity contribution in [2.45, 2.75) is 44.7 Å². The first kappa shape index (κ1) is 17.3. The molecule has 0 aromatic carbocycles. The molecule has 1 spiro atoms. The summed E-state index contributed by atoms with van der Waals surface area (Å²) < 4.78 is 0. The molecule has 3 N–H and O–H groups in total. The number of aliphatic carboxylic acids is 1. The first-order chi connectivity index (χ1) is 12.5. The molecule has 3 fully saturated rings. The average molecular weight is 358 g/mol. The number of aromatic nitrogens is 1. The lowest BCUT2D eigenvalue weighted by atomic mass is 9.76. The Hall–Kier alpha value is -2.15. The first-order valence-corrected chi connectivity index (χ1v) is 9.42. The highest BCUT2D eigenvalue weighted by Crippen LogP contribution is 2.45. The predicted octanol–water partition coefficient (Wildman–Crippen LogP) is 1.34. The molecule has 2 saturated heterocycles. The molecule has 1 aromatic rings. The van der Waals surface area contributed by atoms with Gasteiger partial charge in [0.25, 0.3) is 0 Å². The lowest BCUT2D eigenvalue weighted by molar-refractivity contribution is -0.142. The molecule has 140 valence electrons. The van der Waals surface area contributed by atoms with Gasteiger partial charge in [0, 0.05) is 43.9 Å². The van der Waals surface area contributed by atoms with Gasteiger partial charge >= 0.3 is 5.97 Å². The van der Waals surface area contributed by atoms with Crippen molar-refractivity contribution in [3.63, 3.8) is 0 Å². The molecule has 7 nitrogen and oxygen atoms in total. The van der Waals surface area contributed by atoms with Crippen LogP contribution in [0.3, 0.4) is 0 Å². The quantitative estimate of drug-likeness (QED) is 0.843. The van der Waals surface area contributed by atoms with Gasteiger partial charge < -0.3 is 15.7 Å². The summed E-state index contributed by atoms with van der Waals surface area (Å²) in [5.74, 6) is 0.236. The molecule has 7 heteroatoms. The van der Waals surface area contributed by atoms with Crippen LogP contribution >= 0.6 is 0 Å². The number of carbonyl (C=O) groups excluding carboxylic acids is 1. The lowest BCUT2D eigenvalue weighted by Crippen LogP contribution is -2.44. The zero-order valence-electron chi connectivity index (χ0n) is 14.9. The molecular formula is C19H26N4O3. The molecule has 1 aliphatic carbocycles. The van der Waals surface area contributed by atoms with Crippen LogP contribution < -0.4 is 5.73 Å². The van der Waals surface area contributed by atoms with E-state index < -0.39 is 12.0 Å². The second-order valence-corrected chi connectivity index (χ2v) is 8.11. The Labute approximate surface area is 153 Å². The third-order valence-electron chi connectivity index (χ3n) is 6.25. The zero-order chi connectivity index (χ0) is 18.3. The normalized spacial score (nSPS) is 25.5. The van der Waals surface area contributed by atoms with Gasteiger partial charge in [-0.2, -0.15) is 0 Å². The highest BCUT2D eigenvalue weighted by atomic mass is 16.4. The maximum Gasteiger partial charge on any atom is 0.320 e. The van der Waals surface area contributed by atoms with E-state index in [0.29, 0.717) is 24.7 Å². The molecule has 0 unspecified atom stereocenters. The van der Waals surface area contributed by atoms with Crippen molar-refractivity contribution < 1.29 is 14.7 Å². The van der Waals surface area contributed by atoms with Gasteiger partial charge in [0.1, 0.15) is 11.9 Å². The number of hydrogen-bond donors (Lipinski definition) is 2. The Morgan fingerprint density at radius 1 is 1.31 bits per heavy atom. The van der Waals surface area contributed by atoms with Gasteiger partial charge in [0.05, 0.1) is 0 Å². The molecule has 1 amide bonds. The van der Waals surface area contributed by atoms with Crippen molar-refractivity contribution in [1.29, 1.82) is 0 Å². The molecule has 0 bridgehead atoms. The molecule has 1 saturated carbocycles. The van der Waals surface area contributed by atoms with E-state index in [2.05, 4.69) is 4.98 Å². The summed E-state index contributed by atoms with van der Waals surface area (Å²) in [6, 6.07) is 3.23. The molecule has 26 heavy (non-hydrogen) atoms. The number of carboxylic acids is 1. The maximum absolute atomic E-state index is 12.3.